The van der Waals surface area contributed by atoms with Crippen molar-refractivity contribution in [3.05, 3.63) is 36.5 Å². The van der Waals surface area contributed by atoms with Gasteiger partial charge < -0.3 is 5.11 Å². The van der Waals surface area contributed by atoms with Crippen molar-refractivity contribution >= 4 is 57.2 Å². The molecule has 1 N–H and O–H groups in total. The summed E-state index contributed by atoms with van der Waals surface area (Å²) in [6.07, 6.45) is 2.75. The molecule has 0 aliphatic heterocycles. The maximum Gasteiger partial charge on any atom is 0.328 e. The normalized spacial score (nSPS) is 10.8. The second kappa shape index (κ2) is 5.11. The van der Waals surface area contributed by atoms with Crippen LogP contribution in [-0.2, 0) is 4.79 Å². The minimum absolute atomic E-state index is 0.921. The molecule has 0 aromatic heterocycles. The standard InChI is InChI=1S/C10H8I2O2/c1-6-8(11)4-7(5-9(6)12)2-3-10(13)14/h2-5H,1H3,(H,13,14)/b3-2+. The lowest BCUT2D eigenvalue weighted by Crippen LogP contribution is -1.89. The molecule has 0 heterocycles. The van der Waals surface area contributed by atoms with E-state index in [4.69, 9.17) is 5.11 Å². The van der Waals surface area contributed by atoms with Gasteiger partial charge in [-0.15, -0.1) is 0 Å². The van der Waals surface area contributed by atoms with Crippen LogP contribution >= 0.6 is 45.2 Å². The van der Waals surface area contributed by atoms with Gasteiger partial charge in [0, 0.05) is 13.2 Å². The van der Waals surface area contributed by atoms with Crippen LogP contribution in [0.2, 0.25) is 0 Å². The van der Waals surface area contributed by atoms with Crippen molar-refractivity contribution in [1.82, 2.24) is 0 Å². The molecule has 0 bridgehead atoms. The van der Waals surface area contributed by atoms with Gasteiger partial charge in [-0.05, 0) is 81.4 Å². The van der Waals surface area contributed by atoms with Gasteiger partial charge in [-0.2, -0.15) is 0 Å². The molecule has 0 amide bonds. The topological polar surface area (TPSA) is 37.3 Å². The molecule has 0 radical (unpaired) electrons. The third-order valence-corrected chi connectivity index (χ3v) is 3.96. The summed E-state index contributed by atoms with van der Waals surface area (Å²) < 4.78 is 2.30. The molecule has 0 unspecified atom stereocenters. The highest BCUT2D eigenvalue weighted by Gasteiger charge is 2.01. The Hall–Kier alpha value is -0.110. The van der Waals surface area contributed by atoms with Crippen LogP contribution in [0.25, 0.3) is 6.08 Å². The number of carboxylic acid groups (broad SMARTS) is 1. The summed E-state index contributed by atoms with van der Waals surface area (Å²) in [6.45, 7) is 2.05. The van der Waals surface area contributed by atoms with Gasteiger partial charge in [-0.3, -0.25) is 0 Å². The highest BCUT2D eigenvalue weighted by Crippen LogP contribution is 2.21. The fourth-order valence-electron chi connectivity index (χ4n) is 0.929. The summed E-state index contributed by atoms with van der Waals surface area (Å²) in [6, 6.07) is 3.94. The first-order valence-electron chi connectivity index (χ1n) is 3.87. The lowest BCUT2D eigenvalue weighted by atomic mass is 10.1. The smallest absolute Gasteiger partial charge is 0.328 e. The summed E-state index contributed by atoms with van der Waals surface area (Å²) in [5.74, 6) is -0.921. The maximum atomic E-state index is 10.3. The van der Waals surface area contributed by atoms with E-state index in [0.29, 0.717) is 0 Å². The van der Waals surface area contributed by atoms with Crippen LogP contribution in [0.1, 0.15) is 11.1 Å². The molecular weight excluding hydrogens is 406 g/mol. The average Bonchev–Trinajstić information content (AvgIpc) is 2.10. The van der Waals surface area contributed by atoms with Crippen LogP contribution in [0.5, 0.6) is 0 Å². The van der Waals surface area contributed by atoms with Crippen LogP contribution in [0, 0.1) is 14.1 Å². The van der Waals surface area contributed by atoms with Crippen molar-refractivity contribution in [2.75, 3.05) is 0 Å². The lowest BCUT2D eigenvalue weighted by molar-refractivity contribution is -0.131. The molecule has 14 heavy (non-hydrogen) atoms. The zero-order valence-corrected chi connectivity index (χ0v) is 11.7. The Bertz CT molecular complexity index is 374. The van der Waals surface area contributed by atoms with Crippen LogP contribution in [-0.4, -0.2) is 11.1 Å². The molecule has 4 heteroatoms. The van der Waals surface area contributed by atoms with E-state index in [2.05, 4.69) is 45.2 Å². The van der Waals surface area contributed by atoms with E-state index in [1.54, 1.807) is 6.08 Å². The second-order valence-electron chi connectivity index (χ2n) is 2.78. The average molecular weight is 414 g/mol. The number of aliphatic carboxylic acids is 1. The quantitative estimate of drug-likeness (QED) is 0.596. The van der Waals surface area contributed by atoms with Crippen molar-refractivity contribution in [1.29, 1.82) is 0 Å². The molecule has 2 nitrogen and oxygen atoms in total. The van der Waals surface area contributed by atoms with E-state index >= 15 is 0 Å². The monoisotopic (exact) mass is 414 g/mol. The Morgan fingerprint density at radius 1 is 1.36 bits per heavy atom. The highest BCUT2D eigenvalue weighted by molar-refractivity contribution is 14.1. The Kier molecular flexibility index (Phi) is 4.36. The summed E-state index contributed by atoms with van der Waals surface area (Å²) in [7, 11) is 0. The first kappa shape index (κ1) is 12.0. The van der Waals surface area contributed by atoms with E-state index in [1.807, 2.05) is 19.1 Å². The van der Waals surface area contributed by atoms with Crippen LogP contribution in [0.4, 0.5) is 0 Å². The van der Waals surface area contributed by atoms with Crippen molar-refractivity contribution in [2.24, 2.45) is 0 Å². The number of rotatable bonds is 2. The second-order valence-corrected chi connectivity index (χ2v) is 5.11. The van der Waals surface area contributed by atoms with Gasteiger partial charge in [0.2, 0.25) is 0 Å². The first-order valence-corrected chi connectivity index (χ1v) is 6.03. The number of halogens is 2. The van der Waals surface area contributed by atoms with Crippen molar-refractivity contribution in [3.63, 3.8) is 0 Å². The molecule has 74 valence electrons. The largest absolute Gasteiger partial charge is 0.478 e. The van der Waals surface area contributed by atoms with Gasteiger partial charge in [0.05, 0.1) is 0 Å². The van der Waals surface area contributed by atoms with Crippen molar-refractivity contribution in [3.8, 4) is 0 Å². The molecule has 0 aliphatic carbocycles. The fraction of sp³-hybridized carbons (Fsp3) is 0.100. The summed E-state index contributed by atoms with van der Waals surface area (Å²) in [4.78, 5) is 10.3. The molecule has 0 saturated carbocycles. The predicted octanol–water partition coefficient (Wildman–Crippen LogP) is 3.30. The molecule has 0 atom stereocenters. The number of carboxylic acids is 1. The molecular formula is C10H8I2O2. The van der Waals surface area contributed by atoms with Gasteiger partial charge in [0.15, 0.2) is 0 Å². The molecule has 0 fully saturated rings. The molecule has 0 saturated heterocycles. The maximum absolute atomic E-state index is 10.3. The lowest BCUT2D eigenvalue weighted by Gasteiger charge is -2.03. The summed E-state index contributed by atoms with van der Waals surface area (Å²) in [5.41, 5.74) is 2.16. The summed E-state index contributed by atoms with van der Waals surface area (Å²) in [5, 5.41) is 8.48. The molecule has 0 aliphatic rings. The SMILES string of the molecule is Cc1c(I)cc(/C=C/C(=O)O)cc1I. The van der Waals surface area contributed by atoms with Crippen LogP contribution < -0.4 is 0 Å². The van der Waals surface area contributed by atoms with Gasteiger partial charge in [0.1, 0.15) is 0 Å². The zero-order chi connectivity index (χ0) is 10.7. The van der Waals surface area contributed by atoms with E-state index in [9.17, 15) is 4.79 Å². The van der Waals surface area contributed by atoms with Gasteiger partial charge >= 0.3 is 5.97 Å². The first-order chi connectivity index (χ1) is 6.50. The van der Waals surface area contributed by atoms with E-state index in [-0.39, 0.29) is 0 Å². The predicted molar refractivity (Wildman–Crippen MR) is 73.3 cm³/mol. The molecule has 1 aromatic rings. The van der Waals surface area contributed by atoms with Gasteiger partial charge in [-0.25, -0.2) is 4.79 Å². The van der Waals surface area contributed by atoms with Gasteiger partial charge in [-0.1, -0.05) is 0 Å². The molecule has 0 spiro atoms. The Balaban J connectivity index is 3.07. The number of hydrogen-bond donors (Lipinski definition) is 1. The highest BCUT2D eigenvalue weighted by atomic mass is 127. The summed E-state index contributed by atoms with van der Waals surface area (Å²) >= 11 is 4.49. The molecule has 1 aromatic carbocycles. The third kappa shape index (κ3) is 3.23. The van der Waals surface area contributed by atoms with Crippen molar-refractivity contribution in [2.45, 2.75) is 6.92 Å². The minimum Gasteiger partial charge on any atom is -0.478 e. The minimum atomic E-state index is -0.921. The number of benzene rings is 1. The van der Waals surface area contributed by atoms with E-state index in [1.165, 1.54) is 5.56 Å². The zero-order valence-electron chi connectivity index (χ0n) is 7.42. The van der Waals surface area contributed by atoms with Crippen molar-refractivity contribution < 1.29 is 9.90 Å². The number of hydrogen-bond acceptors (Lipinski definition) is 1. The Labute approximate surface area is 110 Å². The van der Waals surface area contributed by atoms with Gasteiger partial charge in [0.25, 0.3) is 0 Å². The van der Waals surface area contributed by atoms with Crippen LogP contribution in [0.15, 0.2) is 18.2 Å². The third-order valence-electron chi connectivity index (χ3n) is 1.72. The van der Waals surface area contributed by atoms with Crippen LogP contribution in [0.3, 0.4) is 0 Å². The number of carbonyl (C=O) groups is 1. The Morgan fingerprint density at radius 2 is 1.86 bits per heavy atom. The fourth-order valence-corrected chi connectivity index (χ4v) is 2.74. The van der Waals surface area contributed by atoms with E-state index < -0.39 is 5.97 Å². The van der Waals surface area contributed by atoms with E-state index in [0.717, 1.165) is 18.8 Å². The Morgan fingerprint density at radius 3 is 2.29 bits per heavy atom. The molecule has 1 rings (SSSR count).